The van der Waals surface area contributed by atoms with Crippen LogP contribution in [0.25, 0.3) is 6.08 Å². The molecule has 4 aromatic carbocycles. The van der Waals surface area contributed by atoms with E-state index in [0.717, 1.165) is 21.9 Å². The summed E-state index contributed by atoms with van der Waals surface area (Å²) in [6.45, 7) is 0. The summed E-state index contributed by atoms with van der Waals surface area (Å²) in [5, 5.41) is 11.6. The SMILES string of the molecule is O=C1C(=Cc2ccccc2Oc2ccc(C(F)(F)F)cc2[N+](=O)[O-])C(=O)N(c2ccccc2)C(=O)N1c1ccccc1. The van der Waals surface area contributed by atoms with Gasteiger partial charge in [0.05, 0.1) is 21.9 Å². The Labute approximate surface area is 235 Å². The fourth-order valence-corrected chi connectivity index (χ4v) is 4.23. The summed E-state index contributed by atoms with van der Waals surface area (Å²) in [4.78, 5) is 52.9. The first-order valence-electron chi connectivity index (χ1n) is 12.2. The van der Waals surface area contributed by atoms with Gasteiger partial charge < -0.3 is 4.74 Å². The van der Waals surface area contributed by atoms with Gasteiger partial charge >= 0.3 is 17.9 Å². The fraction of sp³-hybridized carbons (Fsp3) is 0.0333. The predicted molar refractivity (Wildman–Crippen MR) is 146 cm³/mol. The number of alkyl halides is 3. The number of halogens is 3. The highest BCUT2D eigenvalue weighted by Gasteiger charge is 2.44. The molecule has 0 bridgehead atoms. The third kappa shape index (κ3) is 5.32. The summed E-state index contributed by atoms with van der Waals surface area (Å²) < 4.78 is 45.1. The number of amides is 4. The molecule has 5 rings (SSSR count). The van der Waals surface area contributed by atoms with Gasteiger partial charge in [0.1, 0.15) is 11.3 Å². The van der Waals surface area contributed by atoms with E-state index < -0.39 is 51.5 Å². The van der Waals surface area contributed by atoms with Crippen molar-refractivity contribution in [2.45, 2.75) is 6.18 Å². The number of rotatable bonds is 6. The van der Waals surface area contributed by atoms with E-state index in [1.807, 2.05) is 0 Å². The number of anilines is 2. The summed E-state index contributed by atoms with van der Waals surface area (Å²) >= 11 is 0. The second-order valence-electron chi connectivity index (χ2n) is 8.87. The van der Waals surface area contributed by atoms with E-state index in [0.29, 0.717) is 12.1 Å². The van der Waals surface area contributed by atoms with Crippen LogP contribution in [0.3, 0.4) is 0 Å². The molecule has 210 valence electrons. The molecule has 0 radical (unpaired) electrons. The predicted octanol–water partition coefficient (Wildman–Crippen LogP) is 6.99. The molecular formula is C30H18F3N3O6. The third-order valence-corrected chi connectivity index (χ3v) is 6.20. The van der Waals surface area contributed by atoms with E-state index in [-0.39, 0.29) is 22.7 Å². The number of carbonyl (C=O) groups is 3. The van der Waals surface area contributed by atoms with Crippen LogP contribution in [0.4, 0.5) is 35.0 Å². The molecule has 0 aliphatic carbocycles. The molecule has 4 amide bonds. The molecule has 1 saturated heterocycles. The van der Waals surface area contributed by atoms with Crippen molar-refractivity contribution in [3.05, 3.63) is 130 Å². The highest BCUT2D eigenvalue weighted by Crippen LogP contribution is 2.39. The average Bonchev–Trinajstić information content (AvgIpc) is 2.97. The molecule has 0 N–H and O–H groups in total. The van der Waals surface area contributed by atoms with Gasteiger partial charge in [0, 0.05) is 11.6 Å². The first kappa shape index (κ1) is 27.8. The zero-order chi connectivity index (χ0) is 30.0. The Morgan fingerprint density at radius 1 is 0.714 bits per heavy atom. The molecule has 12 heteroatoms. The van der Waals surface area contributed by atoms with E-state index >= 15 is 0 Å². The monoisotopic (exact) mass is 573 g/mol. The quantitative estimate of drug-likeness (QED) is 0.106. The van der Waals surface area contributed by atoms with Gasteiger partial charge in [-0.2, -0.15) is 13.2 Å². The van der Waals surface area contributed by atoms with Crippen molar-refractivity contribution in [1.29, 1.82) is 0 Å². The van der Waals surface area contributed by atoms with Gasteiger partial charge in [-0.1, -0.05) is 54.6 Å². The summed E-state index contributed by atoms with van der Waals surface area (Å²) in [6, 6.07) is 22.7. The molecule has 1 aliphatic heterocycles. The first-order valence-corrected chi connectivity index (χ1v) is 12.2. The summed E-state index contributed by atoms with van der Waals surface area (Å²) in [6.07, 6.45) is -3.66. The molecule has 0 unspecified atom stereocenters. The van der Waals surface area contributed by atoms with Crippen molar-refractivity contribution < 1.29 is 37.2 Å². The molecule has 0 spiro atoms. The number of nitro benzene ring substituents is 1. The maximum atomic E-state index is 13.6. The van der Waals surface area contributed by atoms with Crippen LogP contribution < -0.4 is 14.5 Å². The van der Waals surface area contributed by atoms with Crippen LogP contribution in [0.1, 0.15) is 11.1 Å². The van der Waals surface area contributed by atoms with Gasteiger partial charge in [0.25, 0.3) is 11.8 Å². The molecule has 0 atom stereocenters. The number of barbiturate groups is 1. The van der Waals surface area contributed by atoms with Crippen molar-refractivity contribution in [2.24, 2.45) is 0 Å². The van der Waals surface area contributed by atoms with Crippen molar-refractivity contribution in [3.63, 3.8) is 0 Å². The summed E-state index contributed by atoms with van der Waals surface area (Å²) in [5.74, 6) is -2.45. The normalized spacial score (nSPS) is 13.8. The number of carbonyl (C=O) groups excluding carboxylic acids is 3. The van der Waals surface area contributed by atoms with Crippen LogP contribution in [0.2, 0.25) is 0 Å². The maximum absolute atomic E-state index is 13.6. The van der Waals surface area contributed by atoms with Gasteiger partial charge in [-0.05, 0) is 48.5 Å². The molecule has 0 saturated carbocycles. The lowest BCUT2D eigenvalue weighted by Gasteiger charge is -2.34. The number of urea groups is 1. The minimum atomic E-state index is -4.82. The second-order valence-corrected chi connectivity index (χ2v) is 8.87. The minimum Gasteiger partial charge on any atom is -0.449 e. The van der Waals surface area contributed by atoms with E-state index in [2.05, 4.69) is 0 Å². The topological polar surface area (TPSA) is 110 Å². The van der Waals surface area contributed by atoms with E-state index in [9.17, 15) is 37.7 Å². The maximum Gasteiger partial charge on any atom is 0.416 e. The van der Waals surface area contributed by atoms with Crippen LogP contribution in [0, 0.1) is 10.1 Å². The number of hydrogen-bond acceptors (Lipinski definition) is 6. The number of ether oxygens (including phenoxy) is 1. The average molecular weight is 573 g/mol. The molecule has 1 heterocycles. The van der Waals surface area contributed by atoms with E-state index in [4.69, 9.17) is 4.74 Å². The van der Waals surface area contributed by atoms with Crippen molar-refractivity contribution in [2.75, 3.05) is 9.80 Å². The third-order valence-electron chi connectivity index (χ3n) is 6.20. The Bertz CT molecular complexity index is 1680. The molecule has 9 nitrogen and oxygen atoms in total. The lowest BCUT2D eigenvalue weighted by atomic mass is 10.0. The molecule has 4 aromatic rings. The summed E-state index contributed by atoms with van der Waals surface area (Å²) in [5.41, 5.74) is -2.09. The number of nitrogens with zero attached hydrogens (tertiary/aromatic N) is 3. The Morgan fingerprint density at radius 2 is 1.24 bits per heavy atom. The standard InChI is InChI=1S/C30H18F3N3O6/c31-30(32,33)20-15-16-26(24(18-20)36(40)41)42-25-14-8-7-9-19(25)17-23-27(37)34(21-10-3-1-4-11-21)29(39)35(28(23)38)22-12-5-2-6-13-22/h1-18H. The number of benzene rings is 4. The molecule has 42 heavy (non-hydrogen) atoms. The van der Waals surface area contributed by atoms with Crippen LogP contribution in [0.5, 0.6) is 11.5 Å². The lowest BCUT2D eigenvalue weighted by molar-refractivity contribution is -0.385. The van der Waals surface area contributed by atoms with Gasteiger partial charge in [-0.15, -0.1) is 0 Å². The van der Waals surface area contributed by atoms with Crippen molar-refractivity contribution in [3.8, 4) is 11.5 Å². The fourth-order valence-electron chi connectivity index (χ4n) is 4.23. The number of nitro groups is 1. The van der Waals surface area contributed by atoms with Crippen molar-refractivity contribution >= 4 is 41.0 Å². The lowest BCUT2D eigenvalue weighted by Crippen LogP contribution is -2.57. The van der Waals surface area contributed by atoms with Gasteiger partial charge in [0.15, 0.2) is 0 Å². The van der Waals surface area contributed by atoms with Crippen LogP contribution in [0.15, 0.2) is 109 Å². The van der Waals surface area contributed by atoms with Crippen LogP contribution >= 0.6 is 0 Å². The van der Waals surface area contributed by atoms with Gasteiger partial charge in [0.2, 0.25) is 5.75 Å². The Hall–Kier alpha value is -5.78. The Kier molecular flexibility index (Phi) is 7.28. The smallest absolute Gasteiger partial charge is 0.416 e. The van der Waals surface area contributed by atoms with Crippen LogP contribution in [-0.2, 0) is 15.8 Å². The molecule has 0 aromatic heterocycles. The highest BCUT2D eigenvalue weighted by atomic mass is 19.4. The highest BCUT2D eigenvalue weighted by molar-refractivity contribution is 6.46. The first-order chi connectivity index (χ1) is 20.1. The number of para-hydroxylation sites is 3. The Balaban J connectivity index is 1.60. The molecule has 1 aliphatic rings. The van der Waals surface area contributed by atoms with Crippen LogP contribution in [-0.4, -0.2) is 22.8 Å². The molecule has 1 fully saturated rings. The Morgan fingerprint density at radius 3 is 1.76 bits per heavy atom. The van der Waals surface area contributed by atoms with Gasteiger partial charge in [-0.3, -0.25) is 19.7 Å². The molecular weight excluding hydrogens is 555 g/mol. The van der Waals surface area contributed by atoms with Gasteiger partial charge in [-0.25, -0.2) is 14.6 Å². The zero-order valence-corrected chi connectivity index (χ0v) is 21.3. The van der Waals surface area contributed by atoms with Crippen molar-refractivity contribution in [1.82, 2.24) is 0 Å². The van der Waals surface area contributed by atoms with E-state index in [1.165, 1.54) is 48.5 Å². The summed E-state index contributed by atoms with van der Waals surface area (Å²) in [7, 11) is 0. The number of hydrogen-bond donors (Lipinski definition) is 0. The minimum absolute atomic E-state index is 0.0946. The zero-order valence-electron chi connectivity index (χ0n) is 21.3. The second kappa shape index (κ2) is 11.0. The largest absolute Gasteiger partial charge is 0.449 e. The van der Waals surface area contributed by atoms with E-state index in [1.54, 1.807) is 36.4 Å². The number of imide groups is 2.